The lowest BCUT2D eigenvalue weighted by molar-refractivity contribution is 0.0218. The lowest BCUT2D eigenvalue weighted by Crippen LogP contribution is -2.62. The number of nitrogens with zero attached hydrogens (tertiary/aromatic N) is 1. The van der Waals surface area contributed by atoms with E-state index in [1.807, 2.05) is 24.3 Å². The molecule has 1 aromatic heterocycles. The van der Waals surface area contributed by atoms with Crippen molar-refractivity contribution in [2.75, 3.05) is 13.1 Å². The van der Waals surface area contributed by atoms with Gasteiger partial charge < -0.3 is 10.1 Å². The van der Waals surface area contributed by atoms with Gasteiger partial charge in [0, 0.05) is 17.1 Å². The minimum absolute atomic E-state index is 0.00320. The minimum atomic E-state index is -0.00320. The van der Waals surface area contributed by atoms with Crippen LogP contribution in [0.1, 0.15) is 29.4 Å². The van der Waals surface area contributed by atoms with E-state index in [0.717, 1.165) is 13.1 Å². The highest BCUT2D eigenvalue weighted by atomic mass is 35.5. The van der Waals surface area contributed by atoms with Gasteiger partial charge in [-0.3, -0.25) is 9.69 Å². The van der Waals surface area contributed by atoms with Crippen molar-refractivity contribution in [1.82, 2.24) is 10.2 Å². The van der Waals surface area contributed by atoms with Gasteiger partial charge in [0.15, 0.2) is 5.06 Å². The number of benzene rings is 1. The summed E-state index contributed by atoms with van der Waals surface area (Å²) in [5.41, 5.74) is 0. The molecule has 25 heavy (non-hydrogen) atoms. The number of halogens is 1. The van der Waals surface area contributed by atoms with E-state index < -0.39 is 0 Å². The Morgan fingerprint density at radius 3 is 2.80 bits per heavy atom. The number of fused-ring (bicyclic) bond motifs is 3. The van der Waals surface area contributed by atoms with Crippen LogP contribution < -0.4 is 10.1 Å². The number of nitrogens with one attached hydrogen (secondary N) is 1. The molecule has 132 valence electrons. The van der Waals surface area contributed by atoms with E-state index in [4.69, 9.17) is 16.3 Å². The molecule has 2 aromatic rings. The summed E-state index contributed by atoms with van der Waals surface area (Å²) in [7, 11) is 0. The molecule has 3 aliphatic heterocycles. The van der Waals surface area contributed by atoms with Gasteiger partial charge >= 0.3 is 0 Å². The largest absolute Gasteiger partial charge is 0.447 e. The predicted molar refractivity (Wildman–Crippen MR) is 101 cm³/mol. The van der Waals surface area contributed by atoms with Gasteiger partial charge in [-0.05, 0) is 69.1 Å². The standard InChI is InChI=1S/C19H21ClN2O2S/c1-12-18(13-7-9-22(12)10-8-13)21-19(23)16-5-6-17(25-16)24-15-4-2-3-14(20)11-15/h2-6,11-13,18H,7-10H2,1H3,(H,21,23). The summed E-state index contributed by atoms with van der Waals surface area (Å²) in [6.07, 6.45) is 2.37. The van der Waals surface area contributed by atoms with Gasteiger partial charge in [-0.15, -0.1) is 0 Å². The molecule has 0 radical (unpaired) electrons. The molecule has 3 fully saturated rings. The Hall–Kier alpha value is -1.56. The maximum absolute atomic E-state index is 12.7. The summed E-state index contributed by atoms with van der Waals surface area (Å²) in [6.45, 7) is 4.54. The number of carbonyl (C=O) groups is 1. The Morgan fingerprint density at radius 1 is 1.28 bits per heavy atom. The van der Waals surface area contributed by atoms with E-state index in [1.54, 1.807) is 12.1 Å². The molecule has 3 saturated heterocycles. The Balaban J connectivity index is 1.42. The van der Waals surface area contributed by atoms with Crippen molar-refractivity contribution in [2.24, 2.45) is 5.92 Å². The Bertz CT molecular complexity index is 768. The molecule has 5 rings (SSSR count). The Labute approximate surface area is 156 Å². The topological polar surface area (TPSA) is 41.6 Å². The summed E-state index contributed by atoms with van der Waals surface area (Å²) in [5, 5.41) is 4.57. The fourth-order valence-corrected chi connectivity index (χ4v) is 4.87. The molecule has 0 aliphatic carbocycles. The van der Waals surface area contributed by atoms with Crippen LogP contribution in [-0.4, -0.2) is 36.0 Å². The SMILES string of the molecule is CC1C(NC(=O)c2ccc(Oc3cccc(Cl)c3)s2)C2CCN1CC2. The monoisotopic (exact) mass is 376 g/mol. The normalized spacial score (nSPS) is 27.9. The van der Waals surface area contributed by atoms with E-state index in [9.17, 15) is 4.79 Å². The molecule has 0 spiro atoms. The van der Waals surface area contributed by atoms with Crippen molar-refractivity contribution in [3.8, 4) is 10.8 Å². The fraction of sp³-hybridized carbons (Fsp3) is 0.421. The molecule has 2 unspecified atom stereocenters. The van der Waals surface area contributed by atoms with Gasteiger partial charge in [0.2, 0.25) is 0 Å². The second kappa shape index (κ2) is 6.98. The first-order valence-corrected chi connectivity index (χ1v) is 9.88. The summed E-state index contributed by atoms with van der Waals surface area (Å²) >= 11 is 7.34. The van der Waals surface area contributed by atoms with Crippen molar-refractivity contribution < 1.29 is 9.53 Å². The number of thiophene rings is 1. The van der Waals surface area contributed by atoms with Crippen LogP contribution in [0, 0.1) is 5.92 Å². The van der Waals surface area contributed by atoms with Crippen LogP contribution in [0.4, 0.5) is 0 Å². The number of hydrogen-bond acceptors (Lipinski definition) is 4. The van der Waals surface area contributed by atoms with Crippen molar-refractivity contribution in [3.63, 3.8) is 0 Å². The first kappa shape index (κ1) is 16.9. The fourth-order valence-electron chi connectivity index (χ4n) is 3.91. The van der Waals surface area contributed by atoms with Gasteiger partial charge in [-0.1, -0.05) is 29.0 Å². The molecule has 6 heteroatoms. The van der Waals surface area contributed by atoms with Crippen molar-refractivity contribution in [3.05, 3.63) is 46.3 Å². The van der Waals surface area contributed by atoms with Crippen LogP contribution in [0.3, 0.4) is 0 Å². The quantitative estimate of drug-likeness (QED) is 0.859. The molecule has 0 saturated carbocycles. The smallest absolute Gasteiger partial charge is 0.261 e. The average molecular weight is 377 g/mol. The summed E-state index contributed by atoms with van der Waals surface area (Å²) in [5.74, 6) is 1.27. The predicted octanol–water partition coefficient (Wildman–Crippen LogP) is 4.41. The zero-order valence-electron chi connectivity index (χ0n) is 14.1. The van der Waals surface area contributed by atoms with Crippen molar-refractivity contribution >= 4 is 28.8 Å². The van der Waals surface area contributed by atoms with Gasteiger partial charge in [0.1, 0.15) is 5.75 Å². The second-order valence-electron chi connectivity index (χ2n) is 6.79. The Kier molecular flexibility index (Phi) is 4.71. The van der Waals surface area contributed by atoms with Crippen LogP contribution in [0.2, 0.25) is 5.02 Å². The summed E-state index contributed by atoms with van der Waals surface area (Å²) in [4.78, 5) is 15.8. The lowest BCUT2D eigenvalue weighted by Gasteiger charge is -2.49. The zero-order valence-corrected chi connectivity index (χ0v) is 15.6. The number of ether oxygens (including phenoxy) is 1. The molecule has 1 N–H and O–H groups in total. The zero-order chi connectivity index (χ0) is 17.4. The first-order valence-electron chi connectivity index (χ1n) is 8.68. The third-order valence-electron chi connectivity index (χ3n) is 5.30. The van der Waals surface area contributed by atoms with Gasteiger partial charge in [-0.2, -0.15) is 0 Å². The summed E-state index contributed by atoms with van der Waals surface area (Å²) in [6, 6.07) is 11.6. The van der Waals surface area contributed by atoms with Crippen molar-refractivity contribution in [1.29, 1.82) is 0 Å². The minimum Gasteiger partial charge on any atom is -0.447 e. The van der Waals surface area contributed by atoms with Gasteiger partial charge in [-0.25, -0.2) is 0 Å². The number of piperidine rings is 3. The van der Waals surface area contributed by atoms with Crippen LogP contribution in [0.5, 0.6) is 10.8 Å². The van der Waals surface area contributed by atoms with Crippen LogP contribution in [-0.2, 0) is 0 Å². The highest BCUT2D eigenvalue weighted by Crippen LogP contribution is 2.34. The molecule has 2 bridgehead atoms. The van der Waals surface area contributed by atoms with E-state index in [1.165, 1.54) is 24.2 Å². The van der Waals surface area contributed by atoms with E-state index in [-0.39, 0.29) is 11.9 Å². The van der Waals surface area contributed by atoms with Crippen LogP contribution in [0.25, 0.3) is 0 Å². The average Bonchev–Trinajstić information content (AvgIpc) is 3.07. The third kappa shape index (κ3) is 3.54. The van der Waals surface area contributed by atoms with Crippen LogP contribution >= 0.6 is 22.9 Å². The first-order chi connectivity index (χ1) is 12.1. The third-order valence-corrected chi connectivity index (χ3v) is 6.49. The molecule has 4 heterocycles. The molecule has 3 aliphatic rings. The number of amides is 1. The highest BCUT2D eigenvalue weighted by Gasteiger charge is 2.40. The van der Waals surface area contributed by atoms with Gasteiger partial charge in [0.05, 0.1) is 4.88 Å². The highest BCUT2D eigenvalue weighted by molar-refractivity contribution is 7.15. The van der Waals surface area contributed by atoms with Crippen molar-refractivity contribution in [2.45, 2.75) is 31.8 Å². The molecular formula is C19H21ClN2O2S. The molecule has 4 nitrogen and oxygen atoms in total. The molecular weight excluding hydrogens is 356 g/mol. The maximum atomic E-state index is 12.7. The number of hydrogen-bond donors (Lipinski definition) is 1. The van der Waals surface area contributed by atoms with E-state index in [2.05, 4.69) is 17.1 Å². The van der Waals surface area contributed by atoms with E-state index in [0.29, 0.717) is 32.7 Å². The van der Waals surface area contributed by atoms with Crippen LogP contribution in [0.15, 0.2) is 36.4 Å². The maximum Gasteiger partial charge on any atom is 0.261 e. The lowest BCUT2D eigenvalue weighted by atomic mass is 9.79. The van der Waals surface area contributed by atoms with E-state index >= 15 is 0 Å². The number of rotatable bonds is 4. The second-order valence-corrected chi connectivity index (χ2v) is 8.27. The van der Waals surface area contributed by atoms with Gasteiger partial charge in [0.25, 0.3) is 5.91 Å². The molecule has 1 amide bonds. The number of carbonyl (C=O) groups excluding carboxylic acids is 1. The molecule has 2 atom stereocenters. The molecule has 1 aromatic carbocycles. The Morgan fingerprint density at radius 2 is 2.08 bits per heavy atom. The summed E-state index contributed by atoms with van der Waals surface area (Å²) < 4.78 is 5.80.